The van der Waals surface area contributed by atoms with Gasteiger partial charge in [0.25, 0.3) is 0 Å². The van der Waals surface area contributed by atoms with Crippen LogP contribution in [0.15, 0.2) is 158 Å². The Bertz CT molecular complexity index is 2290. The van der Waals surface area contributed by atoms with E-state index in [1.165, 1.54) is 0 Å². The molecule has 47 heavy (non-hydrogen) atoms. The second-order valence-corrected chi connectivity index (χ2v) is 14.6. The number of alkyl halides is 3. The Kier molecular flexibility index (Phi) is 8.04. The molecule has 0 atom stereocenters. The van der Waals surface area contributed by atoms with E-state index in [0.29, 0.717) is 16.5 Å². The summed E-state index contributed by atoms with van der Waals surface area (Å²) < 4.78 is 73.4. The van der Waals surface area contributed by atoms with Crippen molar-refractivity contribution in [1.29, 1.82) is 0 Å². The maximum Gasteiger partial charge on any atom is 0.534 e. The minimum atomic E-state index is -6.07. The first-order valence-corrected chi connectivity index (χ1v) is 17.5. The smallest absolute Gasteiger partial charge is 0.375 e. The molecule has 0 spiro atoms. The summed E-state index contributed by atoms with van der Waals surface area (Å²) >= 11 is 0. The Morgan fingerprint density at radius 2 is 1.02 bits per heavy atom. The van der Waals surface area contributed by atoms with Gasteiger partial charge in [0, 0.05) is 16.7 Å². The van der Waals surface area contributed by atoms with Crippen LogP contribution >= 0.6 is 7.92 Å². The Hall–Kier alpha value is -4.97. The number of rotatable bonds is 7. The molecule has 7 aromatic carbocycles. The summed E-state index contributed by atoms with van der Waals surface area (Å²) in [7, 11) is -7.34. The normalized spacial score (nSPS) is 12.1. The first kappa shape index (κ1) is 30.7. The van der Waals surface area contributed by atoms with Crippen LogP contribution in [0.2, 0.25) is 0 Å². The van der Waals surface area contributed by atoms with E-state index < -0.39 is 23.5 Å². The van der Waals surface area contributed by atoms with Crippen LogP contribution in [0.1, 0.15) is 0 Å². The molecule has 7 aromatic rings. The van der Waals surface area contributed by atoms with E-state index in [2.05, 4.69) is 0 Å². The van der Waals surface area contributed by atoms with Gasteiger partial charge < -0.3 is 4.18 Å². The molecule has 0 aliphatic rings. The van der Waals surface area contributed by atoms with Gasteiger partial charge >= 0.3 is 15.6 Å². The average Bonchev–Trinajstić information content (AvgIpc) is 3.09. The average molecular weight is 663 g/mol. The summed E-state index contributed by atoms with van der Waals surface area (Å²) in [6.07, 6.45) is 0. The fourth-order valence-electron chi connectivity index (χ4n) is 5.94. The molecular weight excluding hydrogens is 636 g/mol. The van der Waals surface area contributed by atoms with E-state index in [-0.39, 0.29) is 16.9 Å². The molecule has 7 rings (SSSR count). The van der Waals surface area contributed by atoms with Crippen molar-refractivity contribution in [3.63, 3.8) is 0 Å². The third kappa shape index (κ3) is 5.78. The van der Waals surface area contributed by atoms with Crippen molar-refractivity contribution in [1.82, 2.24) is 0 Å². The van der Waals surface area contributed by atoms with E-state index in [0.717, 1.165) is 32.1 Å². The van der Waals surface area contributed by atoms with Crippen molar-refractivity contribution in [2.45, 2.75) is 5.51 Å². The van der Waals surface area contributed by atoms with Gasteiger partial charge in [0.15, 0.2) is 5.75 Å². The highest BCUT2D eigenvalue weighted by atomic mass is 32.2. The first-order valence-electron chi connectivity index (χ1n) is 14.8. The lowest BCUT2D eigenvalue weighted by Gasteiger charge is -2.26. The molecule has 0 amide bonds. The van der Waals surface area contributed by atoms with Crippen molar-refractivity contribution >= 4 is 55.5 Å². The fourth-order valence-corrected chi connectivity index (χ4v) is 8.90. The highest BCUT2D eigenvalue weighted by Crippen LogP contribution is 2.50. The van der Waals surface area contributed by atoms with Crippen LogP contribution in [0.4, 0.5) is 13.2 Å². The molecule has 0 saturated carbocycles. The van der Waals surface area contributed by atoms with Crippen LogP contribution in [0.5, 0.6) is 5.75 Å². The van der Waals surface area contributed by atoms with Gasteiger partial charge in [0.2, 0.25) is 0 Å². The summed E-state index contributed by atoms with van der Waals surface area (Å²) in [5, 5.41) is 5.79. The zero-order valence-corrected chi connectivity index (χ0v) is 26.4. The van der Waals surface area contributed by atoms with Gasteiger partial charge in [-0.15, -0.1) is 0 Å². The van der Waals surface area contributed by atoms with Crippen molar-refractivity contribution < 1.29 is 25.8 Å². The predicted octanol–water partition coefficient (Wildman–Crippen LogP) is 9.31. The molecule has 0 fully saturated rings. The van der Waals surface area contributed by atoms with Gasteiger partial charge in [0.1, 0.15) is 0 Å². The summed E-state index contributed by atoms with van der Waals surface area (Å²) in [6.45, 7) is 0. The van der Waals surface area contributed by atoms with Gasteiger partial charge in [-0.05, 0) is 57.0 Å². The van der Waals surface area contributed by atoms with Crippen LogP contribution in [-0.2, 0) is 10.1 Å². The summed E-state index contributed by atoms with van der Waals surface area (Å²) in [5.74, 6) is -0.374. The van der Waals surface area contributed by atoms with Crippen LogP contribution in [0.25, 0.3) is 43.8 Å². The topological polar surface area (TPSA) is 43.4 Å². The quantitative estimate of drug-likeness (QED) is 0.0971. The zero-order valence-electron chi connectivity index (χ0n) is 24.7. The molecule has 8 heteroatoms. The van der Waals surface area contributed by atoms with Gasteiger partial charge in [-0.2, -0.15) is 21.6 Å². The predicted molar refractivity (Wildman–Crippen MR) is 187 cm³/mol. The lowest BCUT2D eigenvalue weighted by atomic mass is 9.89. The van der Waals surface area contributed by atoms with Crippen LogP contribution < -0.4 is 20.1 Å². The Morgan fingerprint density at radius 1 is 0.532 bits per heavy atom. The van der Waals surface area contributed by atoms with E-state index in [9.17, 15) is 21.6 Å². The second kappa shape index (κ2) is 12.3. The van der Waals surface area contributed by atoms with Gasteiger partial charge in [-0.1, -0.05) is 152 Å². The summed E-state index contributed by atoms with van der Waals surface area (Å²) in [5.41, 5.74) is -4.01. The van der Waals surface area contributed by atoms with Crippen LogP contribution in [-0.4, -0.2) is 13.9 Å². The fraction of sp³-hybridized carbons (Fsp3) is 0.0256. The summed E-state index contributed by atoms with van der Waals surface area (Å²) in [4.78, 5) is 0. The zero-order chi connectivity index (χ0) is 32.6. The van der Waals surface area contributed by atoms with Crippen LogP contribution in [0.3, 0.4) is 0 Å². The molecule has 0 N–H and O–H groups in total. The minimum Gasteiger partial charge on any atom is -0.375 e. The highest BCUT2D eigenvalue weighted by molar-refractivity contribution is 7.88. The van der Waals surface area contributed by atoms with Crippen molar-refractivity contribution in [2.75, 3.05) is 0 Å². The van der Waals surface area contributed by atoms with Gasteiger partial charge in [0.05, 0.1) is 0 Å². The molecule has 3 nitrogen and oxygen atoms in total. The molecule has 0 heterocycles. The molecule has 0 unspecified atom stereocenters. The molecule has 0 aliphatic heterocycles. The van der Waals surface area contributed by atoms with E-state index in [1.54, 1.807) is 48.5 Å². The van der Waals surface area contributed by atoms with E-state index >= 15 is 0 Å². The standard InChI is InChI=1S/C39H26F3O3PS/c40-39(41,42)47(43,44)45-38-34(27-14-4-1-5-15-27)26-29-17-11-13-23-33(29)37(38)36-32-22-12-10-16-28(32)24-25-35(36)46(30-18-6-2-7-19-30)31-20-8-3-9-21-31/h1-26H. The maximum absolute atomic E-state index is 14.1. The lowest BCUT2D eigenvalue weighted by molar-refractivity contribution is -0.0499. The van der Waals surface area contributed by atoms with E-state index in [1.807, 2.05) is 109 Å². The van der Waals surface area contributed by atoms with Crippen molar-refractivity contribution in [3.8, 4) is 28.0 Å². The first-order chi connectivity index (χ1) is 22.7. The maximum atomic E-state index is 14.1. The Labute approximate surface area is 271 Å². The molecule has 232 valence electrons. The molecule has 0 bridgehead atoms. The van der Waals surface area contributed by atoms with Gasteiger partial charge in [-0.25, -0.2) is 0 Å². The molecule has 0 aromatic heterocycles. The SMILES string of the molecule is O=S(=O)(Oc1c(-c2ccccc2)cc2ccccc2c1-c1c(P(c2ccccc2)c2ccccc2)ccc2ccccc12)C(F)(F)F. The minimum absolute atomic E-state index is 0.231. The Morgan fingerprint density at radius 3 is 1.60 bits per heavy atom. The van der Waals surface area contributed by atoms with Crippen molar-refractivity contribution in [3.05, 3.63) is 158 Å². The van der Waals surface area contributed by atoms with Gasteiger partial charge in [-0.3, -0.25) is 0 Å². The summed E-state index contributed by atoms with van der Waals surface area (Å²) in [6, 6.07) is 49.3. The largest absolute Gasteiger partial charge is 0.534 e. The molecule has 0 saturated heterocycles. The lowest BCUT2D eigenvalue weighted by Crippen LogP contribution is -2.28. The van der Waals surface area contributed by atoms with Crippen LogP contribution in [0, 0.1) is 0 Å². The monoisotopic (exact) mass is 662 g/mol. The van der Waals surface area contributed by atoms with E-state index in [4.69, 9.17) is 4.18 Å². The molecule has 0 radical (unpaired) electrons. The Balaban J connectivity index is 1.69. The van der Waals surface area contributed by atoms with Crippen molar-refractivity contribution in [2.24, 2.45) is 0 Å². The third-order valence-corrected chi connectivity index (χ3v) is 11.4. The number of fused-ring (bicyclic) bond motifs is 2. The number of hydrogen-bond donors (Lipinski definition) is 0. The third-order valence-electron chi connectivity index (χ3n) is 7.99. The second-order valence-electron chi connectivity index (χ2n) is 10.9. The molecule has 0 aliphatic carbocycles. The number of benzene rings is 7. The number of hydrogen-bond acceptors (Lipinski definition) is 3. The molecular formula is C39H26F3O3PS. The highest BCUT2D eigenvalue weighted by Gasteiger charge is 2.49. The number of halogens is 3.